The Labute approximate surface area is 241 Å². The van der Waals surface area contributed by atoms with Crippen LogP contribution >= 0.6 is 0 Å². The van der Waals surface area contributed by atoms with Crippen LogP contribution in [0, 0.1) is 5.92 Å². The number of H-pyrrole nitrogens is 1. The Morgan fingerprint density at radius 2 is 1.41 bits per heavy atom. The maximum absolute atomic E-state index is 13.5. The van der Waals surface area contributed by atoms with E-state index >= 15 is 0 Å². The summed E-state index contributed by atoms with van der Waals surface area (Å²) in [4.78, 5) is 54.8. The van der Waals surface area contributed by atoms with Crippen molar-refractivity contribution < 1.29 is 24.3 Å². The zero-order chi connectivity index (χ0) is 30.4. The van der Waals surface area contributed by atoms with Gasteiger partial charge < -0.3 is 43.2 Å². The van der Waals surface area contributed by atoms with E-state index in [4.69, 9.17) is 17.2 Å². The number of carboxylic acids is 1. The fourth-order valence-corrected chi connectivity index (χ4v) is 4.65. The van der Waals surface area contributed by atoms with Crippen LogP contribution in [0.1, 0.15) is 64.4 Å². The summed E-state index contributed by atoms with van der Waals surface area (Å²) < 4.78 is 0. The number of amides is 3. The van der Waals surface area contributed by atoms with E-state index in [9.17, 15) is 24.3 Å². The molecule has 0 aliphatic carbocycles. The monoisotopic (exact) mass is 573 g/mol. The molecule has 3 amide bonds. The minimum absolute atomic E-state index is 0.0549. The fourth-order valence-electron chi connectivity index (χ4n) is 4.65. The van der Waals surface area contributed by atoms with Crippen molar-refractivity contribution in [3.63, 3.8) is 0 Å². The average Bonchev–Trinajstić information content (AvgIpc) is 3.34. The third-order valence-electron chi connectivity index (χ3n) is 6.94. The maximum Gasteiger partial charge on any atom is 0.326 e. The highest BCUT2D eigenvalue weighted by Gasteiger charge is 2.31. The number of carbonyl (C=O) groups excluding carboxylic acids is 3. The molecule has 0 saturated heterocycles. The molecular formula is C29H47N7O5. The zero-order valence-corrected chi connectivity index (χ0v) is 24.2. The maximum atomic E-state index is 13.5. The minimum atomic E-state index is -1.17. The number of aliphatic carboxylic acids is 1. The molecule has 4 atom stereocenters. The number of carbonyl (C=O) groups is 4. The van der Waals surface area contributed by atoms with Gasteiger partial charge in [-0.05, 0) is 69.2 Å². The number of carboxylic acid groups (broad SMARTS) is 1. The number of fused-ring (bicyclic) bond motifs is 1. The number of benzene rings is 1. The summed E-state index contributed by atoms with van der Waals surface area (Å²) >= 11 is 0. The first kappa shape index (κ1) is 33.7. The number of nitrogens with two attached hydrogens (primary N) is 3. The molecule has 0 radical (unpaired) electrons. The summed E-state index contributed by atoms with van der Waals surface area (Å²) in [7, 11) is 0. The number of aromatic nitrogens is 1. The Bertz CT molecular complexity index is 1140. The van der Waals surface area contributed by atoms with E-state index in [0.29, 0.717) is 45.2 Å². The molecule has 0 spiro atoms. The second-order valence-electron chi connectivity index (χ2n) is 10.9. The number of rotatable bonds is 19. The number of nitrogens with one attached hydrogen (secondary N) is 4. The van der Waals surface area contributed by atoms with Crippen LogP contribution in [-0.4, -0.2) is 71.0 Å². The number of para-hydroxylation sites is 1. The molecule has 0 saturated carbocycles. The Morgan fingerprint density at radius 1 is 0.829 bits per heavy atom. The molecule has 0 aliphatic heterocycles. The van der Waals surface area contributed by atoms with Crippen molar-refractivity contribution in [2.24, 2.45) is 23.1 Å². The van der Waals surface area contributed by atoms with Gasteiger partial charge in [0.1, 0.15) is 18.1 Å². The van der Waals surface area contributed by atoms with Crippen molar-refractivity contribution in [2.75, 3.05) is 13.1 Å². The van der Waals surface area contributed by atoms with Gasteiger partial charge in [0.05, 0.1) is 6.04 Å². The molecule has 1 aromatic carbocycles. The molecule has 0 bridgehead atoms. The Balaban J connectivity index is 2.27. The molecule has 0 fully saturated rings. The number of unbranched alkanes of at least 4 members (excludes halogenated alkanes) is 2. The molecule has 41 heavy (non-hydrogen) atoms. The van der Waals surface area contributed by atoms with Crippen molar-refractivity contribution in [1.82, 2.24) is 20.9 Å². The van der Waals surface area contributed by atoms with Crippen LogP contribution in [0.3, 0.4) is 0 Å². The van der Waals surface area contributed by atoms with E-state index in [1.807, 2.05) is 38.1 Å². The van der Waals surface area contributed by atoms with Gasteiger partial charge in [-0.1, -0.05) is 38.5 Å². The Kier molecular flexibility index (Phi) is 14.3. The summed E-state index contributed by atoms with van der Waals surface area (Å²) in [5.74, 6) is -2.74. The quantitative estimate of drug-likeness (QED) is 0.112. The first-order valence-electron chi connectivity index (χ1n) is 14.4. The number of hydrogen-bond acceptors (Lipinski definition) is 7. The highest BCUT2D eigenvalue weighted by molar-refractivity contribution is 5.94. The van der Waals surface area contributed by atoms with E-state index in [-0.39, 0.29) is 18.8 Å². The molecule has 4 unspecified atom stereocenters. The summed E-state index contributed by atoms with van der Waals surface area (Å²) in [5.41, 5.74) is 18.8. The fraction of sp³-hybridized carbons (Fsp3) is 0.586. The normalized spacial score (nSPS) is 14.3. The standard InChI is InChI=1S/C29H47N7O5/c1-18(2)15-24(35-26(37)21(32)10-5-7-13-30)27(38)36-25(16-19-17-33-22-11-4-3-9-20(19)22)28(39)34-23(29(40)41)12-6-8-14-31/h3-4,9,11,17-18,21,23-25,33H,5-8,10,12-16,30-32H2,1-2H3,(H,34,39)(H,35,37)(H,36,38)(H,40,41). The highest BCUT2D eigenvalue weighted by atomic mass is 16.4. The molecular weight excluding hydrogens is 526 g/mol. The molecule has 2 rings (SSSR count). The lowest BCUT2D eigenvalue weighted by atomic mass is 9.99. The minimum Gasteiger partial charge on any atom is -0.480 e. The lowest BCUT2D eigenvalue weighted by Gasteiger charge is -2.26. The molecule has 1 aromatic heterocycles. The lowest BCUT2D eigenvalue weighted by molar-refractivity contribution is -0.142. The third kappa shape index (κ3) is 11.1. The first-order valence-corrected chi connectivity index (χ1v) is 14.4. The van der Waals surface area contributed by atoms with Crippen molar-refractivity contribution in [1.29, 1.82) is 0 Å². The van der Waals surface area contributed by atoms with Gasteiger partial charge in [-0.2, -0.15) is 0 Å². The molecule has 228 valence electrons. The predicted molar refractivity (Wildman–Crippen MR) is 159 cm³/mol. The smallest absolute Gasteiger partial charge is 0.326 e. The summed E-state index contributed by atoms with van der Waals surface area (Å²) in [5, 5.41) is 18.7. The first-order chi connectivity index (χ1) is 19.6. The summed E-state index contributed by atoms with van der Waals surface area (Å²) in [6.07, 6.45) is 5.43. The second kappa shape index (κ2) is 17.4. The van der Waals surface area contributed by atoms with E-state index in [0.717, 1.165) is 22.9 Å². The lowest BCUT2D eigenvalue weighted by Crippen LogP contribution is -2.57. The molecule has 0 aliphatic rings. The summed E-state index contributed by atoms with van der Waals surface area (Å²) in [6, 6.07) is 3.61. The molecule has 12 nitrogen and oxygen atoms in total. The van der Waals surface area contributed by atoms with Crippen LogP contribution in [0.15, 0.2) is 30.5 Å². The number of aromatic amines is 1. The highest BCUT2D eigenvalue weighted by Crippen LogP contribution is 2.19. The van der Waals surface area contributed by atoms with E-state index in [1.165, 1.54) is 0 Å². The Morgan fingerprint density at radius 3 is 2.05 bits per heavy atom. The van der Waals surface area contributed by atoms with Gasteiger partial charge >= 0.3 is 5.97 Å². The molecule has 2 aromatic rings. The van der Waals surface area contributed by atoms with Crippen LogP contribution in [0.25, 0.3) is 10.9 Å². The largest absolute Gasteiger partial charge is 0.480 e. The van der Waals surface area contributed by atoms with Gasteiger partial charge in [-0.25, -0.2) is 4.79 Å². The van der Waals surface area contributed by atoms with Gasteiger partial charge in [0.2, 0.25) is 17.7 Å². The van der Waals surface area contributed by atoms with Crippen LogP contribution in [-0.2, 0) is 25.6 Å². The van der Waals surface area contributed by atoms with Crippen LogP contribution in [0.4, 0.5) is 0 Å². The van der Waals surface area contributed by atoms with Gasteiger partial charge in [0.25, 0.3) is 0 Å². The van der Waals surface area contributed by atoms with Gasteiger partial charge in [0.15, 0.2) is 0 Å². The third-order valence-corrected chi connectivity index (χ3v) is 6.94. The van der Waals surface area contributed by atoms with E-state index in [2.05, 4.69) is 20.9 Å². The SMILES string of the molecule is CC(C)CC(NC(=O)C(N)CCCCN)C(=O)NC(Cc1c[nH]c2ccccc12)C(=O)NC(CCCCN)C(=O)O. The summed E-state index contributed by atoms with van der Waals surface area (Å²) in [6.45, 7) is 4.76. The van der Waals surface area contributed by atoms with Crippen LogP contribution in [0.5, 0.6) is 0 Å². The molecule has 1 heterocycles. The van der Waals surface area contributed by atoms with Crippen LogP contribution < -0.4 is 33.2 Å². The molecule has 12 heteroatoms. The van der Waals surface area contributed by atoms with Crippen molar-refractivity contribution in [3.8, 4) is 0 Å². The average molecular weight is 574 g/mol. The Hall–Kier alpha value is -3.48. The van der Waals surface area contributed by atoms with E-state index in [1.54, 1.807) is 6.20 Å². The van der Waals surface area contributed by atoms with Gasteiger partial charge in [-0.15, -0.1) is 0 Å². The topological polar surface area (TPSA) is 218 Å². The second-order valence-corrected chi connectivity index (χ2v) is 10.9. The predicted octanol–water partition coefficient (Wildman–Crippen LogP) is 0.881. The zero-order valence-electron chi connectivity index (χ0n) is 24.2. The van der Waals surface area contributed by atoms with Gasteiger partial charge in [0, 0.05) is 23.5 Å². The van der Waals surface area contributed by atoms with Crippen molar-refractivity contribution in [2.45, 2.75) is 89.4 Å². The van der Waals surface area contributed by atoms with Crippen LogP contribution in [0.2, 0.25) is 0 Å². The van der Waals surface area contributed by atoms with E-state index < -0.39 is 47.9 Å². The molecule has 11 N–H and O–H groups in total. The number of hydrogen-bond donors (Lipinski definition) is 8. The van der Waals surface area contributed by atoms with Crippen molar-refractivity contribution in [3.05, 3.63) is 36.0 Å². The van der Waals surface area contributed by atoms with Crippen molar-refractivity contribution >= 4 is 34.6 Å². The van der Waals surface area contributed by atoms with Gasteiger partial charge in [-0.3, -0.25) is 14.4 Å².